The second-order valence-electron chi connectivity index (χ2n) is 3.62. The van der Waals surface area contributed by atoms with Crippen molar-refractivity contribution in [1.82, 2.24) is 4.98 Å². The molecule has 110 valence electrons. The molecule has 2 rings (SSSR count). The molecule has 0 saturated carbocycles. The standard InChI is InChI=1S/C11H3F5N2O3/c12-4-1-2-5(18(19)20)6(3-4)21-9-7(13)10(15)17-11(16)8(9)14/h1-3H. The van der Waals surface area contributed by atoms with Gasteiger partial charge in [0.1, 0.15) is 5.82 Å². The van der Waals surface area contributed by atoms with E-state index in [1.54, 1.807) is 0 Å². The predicted molar refractivity (Wildman–Crippen MR) is 57.2 cm³/mol. The van der Waals surface area contributed by atoms with E-state index in [1.807, 2.05) is 0 Å². The van der Waals surface area contributed by atoms with Gasteiger partial charge in [-0.3, -0.25) is 10.1 Å². The first kappa shape index (κ1) is 14.6. The zero-order valence-electron chi connectivity index (χ0n) is 9.74. The van der Waals surface area contributed by atoms with Crippen LogP contribution in [0.25, 0.3) is 0 Å². The van der Waals surface area contributed by atoms with E-state index in [0.29, 0.717) is 18.2 Å². The van der Waals surface area contributed by atoms with Crippen LogP contribution in [-0.2, 0) is 0 Å². The van der Waals surface area contributed by atoms with E-state index in [-0.39, 0.29) is 0 Å². The topological polar surface area (TPSA) is 65.3 Å². The van der Waals surface area contributed by atoms with Crippen LogP contribution in [0, 0.1) is 39.5 Å². The maximum absolute atomic E-state index is 13.3. The van der Waals surface area contributed by atoms with Crippen molar-refractivity contribution in [2.75, 3.05) is 0 Å². The number of nitrogens with zero attached hydrogens (tertiary/aromatic N) is 2. The third-order valence-corrected chi connectivity index (χ3v) is 2.29. The summed E-state index contributed by atoms with van der Waals surface area (Å²) in [5.41, 5.74) is -0.854. The van der Waals surface area contributed by atoms with Crippen LogP contribution in [0.4, 0.5) is 27.6 Å². The van der Waals surface area contributed by atoms with Crippen LogP contribution < -0.4 is 4.74 Å². The minimum Gasteiger partial charge on any atom is -0.443 e. The number of pyridine rings is 1. The molecule has 0 aliphatic rings. The normalized spacial score (nSPS) is 10.5. The summed E-state index contributed by atoms with van der Waals surface area (Å²) in [6.45, 7) is 0. The zero-order valence-corrected chi connectivity index (χ0v) is 9.74. The van der Waals surface area contributed by atoms with Gasteiger partial charge in [-0.15, -0.1) is 0 Å². The molecular formula is C11H3F5N2O3. The average Bonchev–Trinajstić information content (AvgIpc) is 2.41. The van der Waals surface area contributed by atoms with Gasteiger partial charge in [-0.2, -0.15) is 22.5 Å². The number of ether oxygens (including phenoxy) is 1. The Morgan fingerprint density at radius 3 is 2.14 bits per heavy atom. The van der Waals surface area contributed by atoms with Gasteiger partial charge in [0.25, 0.3) is 11.9 Å². The number of benzene rings is 1. The Morgan fingerprint density at radius 1 is 1.05 bits per heavy atom. The lowest BCUT2D eigenvalue weighted by Crippen LogP contribution is -2.04. The predicted octanol–water partition coefficient (Wildman–Crippen LogP) is 3.48. The van der Waals surface area contributed by atoms with Gasteiger partial charge in [-0.1, -0.05) is 0 Å². The summed E-state index contributed by atoms with van der Waals surface area (Å²) in [7, 11) is 0. The number of nitro benzene ring substituents is 1. The molecule has 0 fully saturated rings. The number of rotatable bonds is 3. The van der Waals surface area contributed by atoms with Crippen LogP contribution in [-0.4, -0.2) is 9.91 Å². The van der Waals surface area contributed by atoms with Crippen molar-refractivity contribution in [3.8, 4) is 11.5 Å². The fourth-order valence-corrected chi connectivity index (χ4v) is 1.39. The van der Waals surface area contributed by atoms with Gasteiger partial charge < -0.3 is 4.74 Å². The molecule has 0 radical (unpaired) electrons. The Kier molecular flexibility index (Phi) is 3.70. The van der Waals surface area contributed by atoms with E-state index in [0.717, 1.165) is 0 Å². The highest BCUT2D eigenvalue weighted by Gasteiger charge is 2.26. The molecule has 0 aliphatic heterocycles. The Balaban J connectivity index is 2.58. The second kappa shape index (κ2) is 5.31. The SMILES string of the molecule is O=[N+]([O-])c1ccc(F)cc1Oc1c(F)c(F)nc(F)c1F. The summed E-state index contributed by atoms with van der Waals surface area (Å²) >= 11 is 0. The lowest BCUT2D eigenvalue weighted by atomic mass is 10.3. The van der Waals surface area contributed by atoms with Crippen LogP contribution in [0.1, 0.15) is 0 Å². The largest absolute Gasteiger partial charge is 0.443 e. The minimum absolute atomic E-state index is 0.438. The van der Waals surface area contributed by atoms with Gasteiger partial charge in [-0.25, -0.2) is 4.39 Å². The summed E-state index contributed by atoms with van der Waals surface area (Å²) in [5.74, 6) is -11.6. The lowest BCUT2D eigenvalue weighted by molar-refractivity contribution is -0.385. The van der Waals surface area contributed by atoms with E-state index in [2.05, 4.69) is 9.72 Å². The van der Waals surface area contributed by atoms with Crippen LogP contribution in [0.15, 0.2) is 18.2 Å². The molecule has 0 atom stereocenters. The van der Waals surface area contributed by atoms with Crippen molar-refractivity contribution in [1.29, 1.82) is 0 Å². The van der Waals surface area contributed by atoms with E-state index < -0.39 is 51.5 Å². The van der Waals surface area contributed by atoms with E-state index >= 15 is 0 Å². The molecule has 0 N–H and O–H groups in total. The Hall–Kier alpha value is -2.78. The summed E-state index contributed by atoms with van der Waals surface area (Å²) < 4.78 is 69.9. The summed E-state index contributed by atoms with van der Waals surface area (Å²) in [6, 6.07) is 1.80. The van der Waals surface area contributed by atoms with Crippen molar-refractivity contribution in [3.63, 3.8) is 0 Å². The first-order chi connectivity index (χ1) is 9.81. The fourth-order valence-electron chi connectivity index (χ4n) is 1.39. The van der Waals surface area contributed by atoms with Gasteiger partial charge in [-0.05, 0) is 6.07 Å². The fraction of sp³-hybridized carbons (Fsp3) is 0. The van der Waals surface area contributed by atoms with Crippen LogP contribution >= 0.6 is 0 Å². The molecule has 1 aromatic heterocycles. The summed E-state index contributed by atoms with van der Waals surface area (Å²) in [4.78, 5) is 11.9. The van der Waals surface area contributed by atoms with E-state index in [1.165, 1.54) is 0 Å². The molecule has 0 spiro atoms. The zero-order chi connectivity index (χ0) is 15.7. The van der Waals surface area contributed by atoms with Gasteiger partial charge in [0.05, 0.1) is 4.92 Å². The van der Waals surface area contributed by atoms with Crippen molar-refractivity contribution in [2.24, 2.45) is 0 Å². The molecular weight excluding hydrogens is 303 g/mol. The lowest BCUT2D eigenvalue weighted by Gasteiger charge is -2.08. The molecule has 0 bridgehead atoms. The van der Waals surface area contributed by atoms with Crippen molar-refractivity contribution in [2.45, 2.75) is 0 Å². The van der Waals surface area contributed by atoms with Crippen LogP contribution in [0.2, 0.25) is 0 Å². The number of halogens is 5. The van der Waals surface area contributed by atoms with Crippen LogP contribution in [0.3, 0.4) is 0 Å². The summed E-state index contributed by atoms with van der Waals surface area (Å²) in [5, 5.41) is 10.7. The van der Waals surface area contributed by atoms with Gasteiger partial charge in [0, 0.05) is 12.1 Å². The van der Waals surface area contributed by atoms with Crippen molar-refractivity contribution in [3.05, 3.63) is 57.7 Å². The number of nitro groups is 1. The third kappa shape index (κ3) is 2.73. The quantitative estimate of drug-likeness (QED) is 0.377. The molecule has 1 aromatic carbocycles. The Morgan fingerprint density at radius 2 is 1.62 bits per heavy atom. The molecule has 0 saturated heterocycles. The maximum atomic E-state index is 13.3. The van der Waals surface area contributed by atoms with Crippen LogP contribution in [0.5, 0.6) is 11.5 Å². The van der Waals surface area contributed by atoms with Crippen molar-refractivity contribution < 1.29 is 31.6 Å². The minimum atomic E-state index is -2.01. The second-order valence-corrected chi connectivity index (χ2v) is 3.62. The number of hydrogen-bond donors (Lipinski definition) is 0. The molecule has 10 heteroatoms. The average molecular weight is 306 g/mol. The van der Waals surface area contributed by atoms with Crippen molar-refractivity contribution >= 4 is 5.69 Å². The molecule has 0 amide bonds. The third-order valence-electron chi connectivity index (χ3n) is 2.29. The number of hydrogen-bond acceptors (Lipinski definition) is 4. The monoisotopic (exact) mass is 306 g/mol. The van der Waals surface area contributed by atoms with Gasteiger partial charge in [0.15, 0.2) is 0 Å². The summed E-state index contributed by atoms with van der Waals surface area (Å²) in [6.07, 6.45) is 0. The molecule has 2 aromatic rings. The first-order valence-corrected chi connectivity index (χ1v) is 5.13. The highest BCUT2D eigenvalue weighted by atomic mass is 19.2. The first-order valence-electron chi connectivity index (χ1n) is 5.13. The van der Waals surface area contributed by atoms with E-state index in [4.69, 9.17) is 0 Å². The smallest absolute Gasteiger partial charge is 0.311 e. The molecule has 0 aliphatic carbocycles. The molecule has 21 heavy (non-hydrogen) atoms. The molecule has 5 nitrogen and oxygen atoms in total. The molecule has 0 unspecified atom stereocenters. The van der Waals surface area contributed by atoms with Gasteiger partial charge in [0.2, 0.25) is 23.1 Å². The van der Waals surface area contributed by atoms with Gasteiger partial charge >= 0.3 is 5.69 Å². The maximum Gasteiger partial charge on any atom is 0.311 e. The molecule has 1 heterocycles. The Labute approximate surface area is 112 Å². The number of aromatic nitrogens is 1. The Bertz CT molecular complexity index is 712. The van der Waals surface area contributed by atoms with E-state index in [9.17, 15) is 32.1 Å². The highest BCUT2D eigenvalue weighted by molar-refractivity contribution is 5.48. The highest BCUT2D eigenvalue weighted by Crippen LogP contribution is 2.35.